The van der Waals surface area contributed by atoms with Crippen LogP contribution in [0.2, 0.25) is 0 Å². The second kappa shape index (κ2) is 9.57. The summed E-state index contributed by atoms with van der Waals surface area (Å²) in [7, 11) is 1.52. The topological polar surface area (TPSA) is 87.7 Å². The van der Waals surface area contributed by atoms with E-state index in [1.807, 2.05) is 24.3 Å². The molecule has 7 heteroatoms. The van der Waals surface area contributed by atoms with Crippen LogP contribution in [-0.2, 0) is 19.1 Å². The molecule has 2 aromatic rings. The lowest BCUT2D eigenvalue weighted by atomic mass is 10.0. The molecule has 0 saturated carbocycles. The lowest BCUT2D eigenvalue weighted by molar-refractivity contribution is -0.137. The number of carbonyl (C=O) groups excluding carboxylic acids is 3. The van der Waals surface area contributed by atoms with Crippen LogP contribution in [0.1, 0.15) is 37.8 Å². The van der Waals surface area contributed by atoms with Crippen LogP contribution in [-0.4, -0.2) is 42.9 Å². The summed E-state index contributed by atoms with van der Waals surface area (Å²) in [6, 6.07) is 14.6. The number of imide groups is 1. The van der Waals surface area contributed by atoms with Crippen molar-refractivity contribution in [3.63, 3.8) is 0 Å². The smallest absolute Gasteiger partial charge is 0.278 e. The second-order valence-corrected chi connectivity index (χ2v) is 7.66. The molecule has 0 saturated heterocycles. The first kappa shape index (κ1) is 22.2. The summed E-state index contributed by atoms with van der Waals surface area (Å²) in [5.74, 6) is -0.561. The number of anilines is 2. The molecular formula is C24H27N3O4. The van der Waals surface area contributed by atoms with Crippen molar-refractivity contribution in [2.45, 2.75) is 26.7 Å². The second-order valence-electron chi connectivity index (χ2n) is 7.66. The van der Waals surface area contributed by atoms with Gasteiger partial charge in [0.25, 0.3) is 11.8 Å². The quantitative estimate of drug-likeness (QED) is 0.636. The predicted octanol–water partition coefficient (Wildman–Crippen LogP) is 3.61. The number of amides is 3. The molecule has 2 aromatic carbocycles. The maximum atomic E-state index is 13.1. The Morgan fingerprint density at radius 2 is 1.58 bits per heavy atom. The molecule has 3 rings (SSSR count). The third kappa shape index (κ3) is 5.00. The Hall–Kier alpha value is -3.45. The van der Waals surface area contributed by atoms with E-state index in [0.29, 0.717) is 22.7 Å². The summed E-state index contributed by atoms with van der Waals surface area (Å²) < 4.78 is 5.06. The van der Waals surface area contributed by atoms with Gasteiger partial charge in [-0.1, -0.05) is 38.1 Å². The molecule has 0 spiro atoms. The van der Waals surface area contributed by atoms with Gasteiger partial charge in [0, 0.05) is 25.4 Å². The maximum Gasteiger partial charge on any atom is 0.278 e. The van der Waals surface area contributed by atoms with Gasteiger partial charge in [0.2, 0.25) is 5.91 Å². The molecule has 0 aromatic heterocycles. The van der Waals surface area contributed by atoms with Crippen LogP contribution in [0.4, 0.5) is 11.4 Å². The fourth-order valence-corrected chi connectivity index (χ4v) is 3.36. The number of nitrogens with zero attached hydrogens (tertiary/aromatic N) is 1. The van der Waals surface area contributed by atoms with Crippen molar-refractivity contribution in [3.8, 4) is 0 Å². The summed E-state index contributed by atoms with van der Waals surface area (Å²) in [5, 5.41) is 5.84. The highest BCUT2D eigenvalue weighted by Gasteiger charge is 2.38. The Morgan fingerprint density at radius 1 is 0.968 bits per heavy atom. The average Bonchev–Trinajstić information content (AvgIpc) is 2.96. The Kier molecular flexibility index (Phi) is 6.87. The molecular weight excluding hydrogens is 394 g/mol. The molecule has 1 aliphatic rings. The number of nitrogens with one attached hydrogen (secondary N) is 2. The Balaban J connectivity index is 1.97. The van der Waals surface area contributed by atoms with Crippen LogP contribution in [0, 0.1) is 0 Å². The number of rotatable bonds is 8. The van der Waals surface area contributed by atoms with Crippen LogP contribution >= 0.6 is 0 Å². The molecule has 31 heavy (non-hydrogen) atoms. The highest BCUT2D eigenvalue weighted by atomic mass is 16.5. The van der Waals surface area contributed by atoms with Crippen LogP contribution in [0.25, 0.3) is 5.57 Å². The van der Waals surface area contributed by atoms with Crippen LogP contribution < -0.4 is 10.6 Å². The SMILES string of the molecule is COCCN1C(=O)C(Nc2ccc(C(C)C)cc2)=C(c2ccc(NC(C)=O)cc2)C1=O. The highest BCUT2D eigenvalue weighted by Crippen LogP contribution is 2.31. The Labute approximate surface area is 182 Å². The van der Waals surface area contributed by atoms with Gasteiger partial charge in [0.05, 0.1) is 18.7 Å². The first-order valence-electron chi connectivity index (χ1n) is 10.2. The lowest BCUT2D eigenvalue weighted by Crippen LogP contribution is -2.35. The lowest BCUT2D eigenvalue weighted by Gasteiger charge is -2.14. The number of hydrogen-bond donors (Lipinski definition) is 2. The van der Waals surface area contributed by atoms with Gasteiger partial charge >= 0.3 is 0 Å². The molecule has 0 atom stereocenters. The molecule has 0 aliphatic carbocycles. The van der Waals surface area contributed by atoms with Gasteiger partial charge in [-0.15, -0.1) is 0 Å². The van der Waals surface area contributed by atoms with E-state index in [2.05, 4.69) is 24.5 Å². The van der Waals surface area contributed by atoms with E-state index in [1.165, 1.54) is 24.5 Å². The van der Waals surface area contributed by atoms with Gasteiger partial charge in [0.15, 0.2) is 0 Å². The third-order valence-electron chi connectivity index (χ3n) is 5.03. The van der Waals surface area contributed by atoms with Crippen molar-refractivity contribution in [2.75, 3.05) is 30.9 Å². The van der Waals surface area contributed by atoms with Gasteiger partial charge in [-0.3, -0.25) is 19.3 Å². The minimum Gasteiger partial charge on any atom is -0.383 e. The van der Waals surface area contributed by atoms with E-state index in [-0.39, 0.29) is 30.7 Å². The van der Waals surface area contributed by atoms with Crippen molar-refractivity contribution in [3.05, 3.63) is 65.4 Å². The number of ether oxygens (including phenoxy) is 1. The maximum absolute atomic E-state index is 13.1. The number of carbonyl (C=O) groups is 3. The molecule has 0 radical (unpaired) electrons. The standard InChI is InChI=1S/C24H27N3O4/c1-15(2)17-5-9-20(10-6-17)26-22-21(23(29)27(24(22)30)13-14-31-4)18-7-11-19(12-8-18)25-16(3)28/h5-12,15,26H,13-14H2,1-4H3,(H,25,28). The molecule has 1 aliphatic heterocycles. The fraction of sp³-hybridized carbons (Fsp3) is 0.292. The molecule has 0 fully saturated rings. The minimum atomic E-state index is -0.393. The monoisotopic (exact) mass is 421 g/mol. The van der Waals surface area contributed by atoms with Gasteiger partial charge < -0.3 is 15.4 Å². The third-order valence-corrected chi connectivity index (χ3v) is 5.03. The van der Waals surface area contributed by atoms with Gasteiger partial charge in [-0.05, 0) is 41.3 Å². The van der Waals surface area contributed by atoms with Gasteiger partial charge in [0.1, 0.15) is 5.70 Å². The summed E-state index contributed by atoms with van der Waals surface area (Å²) in [5.41, 5.74) is 3.64. The van der Waals surface area contributed by atoms with E-state index in [0.717, 1.165) is 5.69 Å². The zero-order valence-electron chi connectivity index (χ0n) is 18.2. The number of hydrogen-bond acceptors (Lipinski definition) is 5. The molecule has 0 unspecified atom stereocenters. The molecule has 0 bridgehead atoms. The fourth-order valence-electron chi connectivity index (χ4n) is 3.36. The normalized spacial score (nSPS) is 13.9. The number of methoxy groups -OCH3 is 1. The zero-order valence-corrected chi connectivity index (χ0v) is 18.2. The van der Waals surface area contributed by atoms with Crippen molar-refractivity contribution in [1.82, 2.24) is 4.90 Å². The molecule has 2 N–H and O–H groups in total. The van der Waals surface area contributed by atoms with Gasteiger partial charge in [-0.2, -0.15) is 0 Å². The summed E-state index contributed by atoms with van der Waals surface area (Å²) in [4.78, 5) is 38.6. The van der Waals surface area contributed by atoms with Crippen LogP contribution in [0.15, 0.2) is 54.2 Å². The van der Waals surface area contributed by atoms with Crippen molar-refractivity contribution < 1.29 is 19.1 Å². The van der Waals surface area contributed by atoms with Gasteiger partial charge in [-0.25, -0.2) is 0 Å². The first-order valence-corrected chi connectivity index (χ1v) is 10.2. The largest absolute Gasteiger partial charge is 0.383 e. The molecule has 1 heterocycles. The minimum absolute atomic E-state index is 0.166. The van der Waals surface area contributed by atoms with Crippen LogP contribution in [0.3, 0.4) is 0 Å². The summed E-state index contributed by atoms with van der Waals surface area (Å²) >= 11 is 0. The summed E-state index contributed by atoms with van der Waals surface area (Å²) in [6.07, 6.45) is 0. The van der Waals surface area contributed by atoms with E-state index in [4.69, 9.17) is 4.74 Å². The van der Waals surface area contributed by atoms with Crippen molar-refractivity contribution in [2.24, 2.45) is 0 Å². The average molecular weight is 421 g/mol. The van der Waals surface area contributed by atoms with E-state index in [1.54, 1.807) is 24.3 Å². The van der Waals surface area contributed by atoms with E-state index in [9.17, 15) is 14.4 Å². The Bertz CT molecular complexity index is 1010. The van der Waals surface area contributed by atoms with E-state index >= 15 is 0 Å². The van der Waals surface area contributed by atoms with Crippen LogP contribution in [0.5, 0.6) is 0 Å². The zero-order chi connectivity index (χ0) is 22.5. The number of benzene rings is 2. The molecule has 7 nitrogen and oxygen atoms in total. The molecule has 3 amide bonds. The van der Waals surface area contributed by atoms with Crippen molar-refractivity contribution in [1.29, 1.82) is 0 Å². The highest BCUT2D eigenvalue weighted by molar-refractivity contribution is 6.36. The van der Waals surface area contributed by atoms with Crippen molar-refractivity contribution >= 4 is 34.7 Å². The van der Waals surface area contributed by atoms with E-state index < -0.39 is 5.91 Å². The molecule has 162 valence electrons. The summed E-state index contributed by atoms with van der Waals surface area (Å²) in [6.45, 7) is 6.07. The first-order chi connectivity index (χ1) is 14.8. The Morgan fingerprint density at radius 3 is 2.13 bits per heavy atom. The predicted molar refractivity (Wildman–Crippen MR) is 120 cm³/mol.